The third kappa shape index (κ3) is 1.89. The number of hydrogen-bond donors (Lipinski definition) is 1. The zero-order valence-corrected chi connectivity index (χ0v) is 9.89. The minimum atomic E-state index is 0. The first-order chi connectivity index (χ1) is 5.40. The van der Waals surface area contributed by atoms with Gasteiger partial charge in [-0.15, -0.1) is 0 Å². The van der Waals surface area contributed by atoms with Gasteiger partial charge in [-0.25, -0.2) is 0 Å². The second-order valence-corrected chi connectivity index (χ2v) is 3.49. The summed E-state index contributed by atoms with van der Waals surface area (Å²) in [5, 5.41) is 2.77. The Morgan fingerprint density at radius 2 is 2.00 bits per heavy atom. The second-order valence-electron chi connectivity index (χ2n) is 3.49. The third-order valence-electron chi connectivity index (χ3n) is 2.90. The second kappa shape index (κ2) is 4.38. The van der Waals surface area contributed by atoms with Gasteiger partial charge in [0.05, 0.1) is 0 Å². The number of nitrogens with one attached hydrogen (secondary N) is 1. The van der Waals surface area contributed by atoms with Crippen molar-refractivity contribution in [1.82, 2.24) is 10.2 Å². The van der Waals surface area contributed by atoms with E-state index in [4.69, 9.17) is 0 Å². The van der Waals surface area contributed by atoms with E-state index in [-0.39, 0.29) is 21.1 Å². The Morgan fingerprint density at radius 3 is 2.42 bits per heavy atom. The summed E-state index contributed by atoms with van der Waals surface area (Å²) >= 11 is 0. The molecule has 1 atom stereocenters. The first kappa shape index (κ1) is 10.2. The van der Waals surface area contributed by atoms with Gasteiger partial charge in [-0.3, -0.25) is 0 Å². The van der Waals surface area contributed by atoms with Crippen molar-refractivity contribution in [3.63, 3.8) is 0 Å². The quantitative estimate of drug-likeness (QED) is 0.556. The third-order valence-corrected chi connectivity index (χ3v) is 2.90. The molecule has 3 aliphatic rings. The molecule has 68 valence electrons. The van der Waals surface area contributed by atoms with Crippen molar-refractivity contribution in [2.45, 2.75) is 18.9 Å². The Balaban J connectivity index is 0.000000720. The molecule has 0 radical (unpaired) electrons. The maximum atomic E-state index is 10.1. The molecule has 1 unspecified atom stereocenters. The van der Waals surface area contributed by atoms with Crippen molar-refractivity contribution < 1.29 is 25.9 Å². The number of hydrogen-bond acceptors (Lipinski definition) is 2. The molecule has 0 aromatic heterocycles. The Labute approximate surface area is 87.1 Å². The molecule has 0 aromatic rings. The molecule has 4 heteroatoms. The maximum absolute atomic E-state index is 10.1. The van der Waals surface area contributed by atoms with Crippen LogP contribution in [0.25, 0.3) is 0 Å². The van der Waals surface area contributed by atoms with Crippen molar-refractivity contribution >= 4 is 6.41 Å². The van der Waals surface area contributed by atoms with Crippen molar-refractivity contribution in [2.24, 2.45) is 5.92 Å². The summed E-state index contributed by atoms with van der Waals surface area (Å²) in [5.41, 5.74) is 0. The average molecular weight is 337 g/mol. The summed E-state index contributed by atoms with van der Waals surface area (Å²) in [7, 11) is 0. The van der Waals surface area contributed by atoms with E-state index in [2.05, 4.69) is 10.2 Å². The molecule has 0 aromatic carbocycles. The van der Waals surface area contributed by atoms with Crippen LogP contribution in [0.1, 0.15) is 12.8 Å². The molecule has 12 heavy (non-hydrogen) atoms. The molecule has 3 nitrogen and oxygen atoms in total. The van der Waals surface area contributed by atoms with Crippen LogP contribution in [0.2, 0.25) is 0 Å². The van der Waals surface area contributed by atoms with Crippen LogP contribution in [0.15, 0.2) is 0 Å². The van der Waals surface area contributed by atoms with E-state index >= 15 is 0 Å². The molecule has 3 aliphatic heterocycles. The van der Waals surface area contributed by atoms with Crippen molar-refractivity contribution in [2.75, 3.05) is 19.6 Å². The molecule has 0 saturated carbocycles. The van der Waals surface area contributed by atoms with Gasteiger partial charge < -0.3 is 15.0 Å². The van der Waals surface area contributed by atoms with Gasteiger partial charge in [0.1, 0.15) is 0 Å². The van der Waals surface area contributed by atoms with Gasteiger partial charge in [-0.2, -0.15) is 6.41 Å². The van der Waals surface area contributed by atoms with Crippen LogP contribution in [0, 0.1) is 5.92 Å². The van der Waals surface area contributed by atoms with E-state index < -0.39 is 0 Å². The minimum Gasteiger partial charge on any atom is -0.526 e. The van der Waals surface area contributed by atoms with Gasteiger partial charge >= 0.3 is 0 Å². The minimum absolute atomic E-state index is 0. The zero-order chi connectivity index (χ0) is 7.68. The van der Waals surface area contributed by atoms with E-state index in [0.717, 1.165) is 12.5 Å². The topological polar surface area (TPSA) is 32.3 Å². The van der Waals surface area contributed by atoms with Gasteiger partial charge in [0.2, 0.25) is 0 Å². The normalized spacial score (nSPS) is 38.5. The molecular formula is C8H13N2OW-. The van der Waals surface area contributed by atoms with Crippen molar-refractivity contribution in [1.29, 1.82) is 0 Å². The average Bonchev–Trinajstić information content (AvgIpc) is 2.07. The fourth-order valence-corrected chi connectivity index (χ4v) is 2.20. The van der Waals surface area contributed by atoms with Crippen LogP contribution in [-0.4, -0.2) is 37.0 Å². The van der Waals surface area contributed by atoms with E-state index in [9.17, 15) is 4.79 Å². The van der Waals surface area contributed by atoms with Crippen LogP contribution in [0.5, 0.6) is 0 Å². The maximum Gasteiger partial charge on any atom is 0.0162 e. The molecule has 2 bridgehead atoms. The summed E-state index contributed by atoms with van der Waals surface area (Å²) in [6, 6.07) is 0.384. The Bertz CT molecular complexity index is 157. The molecule has 3 saturated heterocycles. The van der Waals surface area contributed by atoms with Crippen molar-refractivity contribution in [3.8, 4) is 0 Å². The number of rotatable bonds is 2. The molecule has 3 heterocycles. The number of fused-ring (bicyclic) bond motifs is 3. The van der Waals surface area contributed by atoms with Gasteiger partial charge in [0.25, 0.3) is 0 Å². The van der Waals surface area contributed by atoms with Gasteiger partial charge in [-0.1, -0.05) is 0 Å². The first-order valence-corrected chi connectivity index (χ1v) is 4.25. The summed E-state index contributed by atoms with van der Waals surface area (Å²) in [6.45, 7) is 3.49. The summed E-state index contributed by atoms with van der Waals surface area (Å²) in [6.07, 6.45) is 4.29. The summed E-state index contributed by atoms with van der Waals surface area (Å²) in [5.74, 6) is 0.724. The molecular weight excluding hydrogens is 324 g/mol. The molecule has 0 aliphatic carbocycles. The van der Waals surface area contributed by atoms with Gasteiger partial charge in [0.15, 0.2) is 0 Å². The van der Waals surface area contributed by atoms with Crippen LogP contribution in [0.3, 0.4) is 0 Å². The standard InChI is InChI=1S/C8H13N2O.W/c11-6-9-8-5-10-3-1-7(8)2-4-10;/h7-8H,1-5H2,(H,9,11);/q-1;. The number of nitrogens with zero attached hydrogens (tertiary/aromatic N) is 1. The Morgan fingerprint density at radius 1 is 1.33 bits per heavy atom. The summed E-state index contributed by atoms with van der Waals surface area (Å²) in [4.78, 5) is 12.5. The first-order valence-electron chi connectivity index (χ1n) is 4.25. The van der Waals surface area contributed by atoms with E-state index in [1.54, 1.807) is 6.41 Å². The van der Waals surface area contributed by atoms with E-state index in [0.29, 0.717) is 6.04 Å². The molecule has 1 N–H and O–H groups in total. The van der Waals surface area contributed by atoms with E-state index in [1.165, 1.54) is 25.9 Å². The smallest absolute Gasteiger partial charge is 0.0162 e. The largest absolute Gasteiger partial charge is 0.526 e. The molecule has 0 spiro atoms. The Hall–Kier alpha value is 0.118. The van der Waals surface area contributed by atoms with Crippen LogP contribution in [-0.2, 0) is 25.9 Å². The van der Waals surface area contributed by atoms with Crippen LogP contribution < -0.4 is 5.32 Å². The van der Waals surface area contributed by atoms with Gasteiger partial charge in [-0.05, 0) is 31.8 Å². The predicted molar refractivity (Wildman–Crippen MR) is 41.8 cm³/mol. The SMILES string of the molecule is O=[C-]NC1CN2CCC1CC2.[W]. The monoisotopic (exact) mass is 337 g/mol. The Kier molecular flexibility index (Phi) is 3.72. The number of amides is 1. The molecule has 3 rings (SSSR count). The van der Waals surface area contributed by atoms with Gasteiger partial charge in [0, 0.05) is 33.7 Å². The van der Waals surface area contributed by atoms with Crippen LogP contribution >= 0.6 is 0 Å². The molecule has 3 fully saturated rings. The predicted octanol–water partition coefficient (Wildman–Crippen LogP) is -0.265. The number of piperidine rings is 3. The summed E-state index contributed by atoms with van der Waals surface area (Å²) < 4.78 is 0. The van der Waals surface area contributed by atoms with E-state index in [1.807, 2.05) is 0 Å². The van der Waals surface area contributed by atoms with Crippen molar-refractivity contribution in [3.05, 3.63) is 0 Å². The fraction of sp³-hybridized carbons (Fsp3) is 0.875. The zero-order valence-electron chi connectivity index (χ0n) is 6.95. The van der Waals surface area contributed by atoms with Crippen LogP contribution in [0.4, 0.5) is 0 Å². The fourth-order valence-electron chi connectivity index (χ4n) is 2.20. The number of carbonyl (C=O) groups excluding carboxylic acids is 1. The molecule has 1 amide bonds.